The number of ether oxygens (including phenoxy) is 1. The average Bonchev–Trinajstić information content (AvgIpc) is 2.83. The summed E-state index contributed by atoms with van der Waals surface area (Å²) < 4.78 is 6.98. The van der Waals surface area contributed by atoms with Crippen LogP contribution in [0.1, 0.15) is 43.1 Å². The molecule has 1 aliphatic rings. The first-order valence-corrected chi connectivity index (χ1v) is 6.87. The quantitative estimate of drug-likeness (QED) is 0.785. The van der Waals surface area contributed by atoms with Crippen LogP contribution in [0.2, 0.25) is 0 Å². The fourth-order valence-electron chi connectivity index (χ4n) is 2.66. The Hall–Kier alpha value is -1.33. The molecule has 0 aliphatic heterocycles. The highest BCUT2D eigenvalue weighted by Crippen LogP contribution is 2.30. The maximum Gasteiger partial charge on any atom is 0.242 e. The number of fused-ring (bicyclic) bond motifs is 1. The van der Waals surface area contributed by atoms with Crippen LogP contribution in [0, 0.1) is 0 Å². The lowest BCUT2D eigenvalue weighted by atomic mass is 9.93. The van der Waals surface area contributed by atoms with Crippen molar-refractivity contribution in [1.82, 2.24) is 9.88 Å². The van der Waals surface area contributed by atoms with Gasteiger partial charge in [-0.15, -0.1) is 0 Å². The van der Waals surface area contributed by atoms with E-state index in [2.05, 4.69) is 16.0 Å². The second-order valence-electron chi connectivity index (χ2n) is 5.08. The maximum atomic E-state index is 12.1. The molecule has 1 heterocycles. The van der Waals surface area contributed by atoms with E-state index in [1.165, 1.54) is 11.3 Å². The first-order chi connectivity index (χ1) is 9.15. The van der Waals surface area contributed by atoms with Gasteiger partial charge in [-0.3, -0.25) is 4.79 Å². The summed E-state index contributed by atoms with van der Waals surface area (Å²) in [6.07, 6.45) is 5.11. The van der Waals surface area contributed by atoms with Gasteiger partial charge < -0.3 is 20.4 Å². The van der Waals surface area contributed by atoms with E-state index in [-0.39, 0.29) is 18.0 Å². The molecule has 0 fully saturated rings. The zero-order valence-corrected chi connectivity index (χ0v) is 11.7. The van der Waals surface area contributed by atoms with Crippen molar-refractivity contribution in [3.05, 3.63) is 23.5 Å². The average molecular weight is 265 g/mol. The highest BCUT2D eigenvalue weighted by molar-refractivity contribution is 5.80. The third kappa shape index (κ3) is 2.98. The van der Waals surface area contributed by atoms with Crippen LogP contribution in [-0.4, -0.2) is 30.7 Å². The zero-order chi connectivity index (χ0) is 13.8. The number of nitrogens with one attached hydrogen (secondary N) is 1. The number of hydrogen-bond acceptors (Lipinski definition) is 3. The summed E-state index contributed by atoms with van der Waals surface area (Å²) in [7, 11) is 1.62. The molecule has 2 unspecified atom stereocenters. The Morgan fingerprint density at radius 1 is 1.68 bits per heavy atom. The number of hydrogen-bond donors (Lipinski definition) is 2. The number of nitrogens with zero attached hydrogens (tertiary/aromatic N) is 1. The van der Waals surface area contributed by atoms with Gasteiger partial charge in [-0.2, -0.15) is 0 Å². The predicted molar refractivity (Wildman–Crippen MR) is 73.9 cm³/mol. The second-order valence-corrected chi connectivity index (χ2v) is 5.08. The Balaban J connectivity index is 2.07. The van der Waals surface area contributed by atoms with E-state index < -0.39 is 0 Å². The third-order valence-corrected chi connectivity index (χ3v) is 3.79. The number of methoxy groups -OCH3 is 1. The number of aromatic nitrogens is 1. The predicted octanol–water partition coefficient (Wildman–Crippen LogP) is 1.15. The van der Waals surface area contributed by atoms with Crippen LogP contribution in [0.4, 0.5) is 0 Å². The Bertz CT molecular complexity index is 442. The minimum Gasteiger partial charge on any atom is -0.383 e. The molecule has 0 bridgehead atoms. The number of amides is 1. The van der Waals surface area contributed by atoms with E-state index in [4.69, 9.17) is 10.5 Å². The van der Waals surface area contributed by atoms with Crippen LogP contribution < -0.4 is 11.1 Å². The van der Waals surface area contributed by atoms with Gasteiger partial charge in [0, 0.05) is 31.6 Å². The van der Waals surface area contributed by atoms with Gasteiger partial charge in [0.25, 0.3) is 0 Å². The molecule has 0 saturated carbocycles. The molecule has 1 aliphatic carbocycles. The Kier molecular flexibility index (Phi) is 4.61. The lowest BCUT2D eigenvalue weighted by Gasteiger charge is -2.23. The lowest BCUT2D eigenvalue weighted by molar-refractivity contribution is -0.124. The van der Waals surface area contributed by atoms with Crippen LogP contribution in [0.3, 0.4) is 0 Å². The minimum atomic E-state index is -0.203. The molecule has 2 rings (SSSR count). The minimum absolute atomic E-state index is 0.0228. The monoisotopic (exact) mass is 265 g/mol. The summed E-state index contributed by atoms with van der Waals surface area (Å²) in [5.41, 5.74) is 8.52. The third-order valence-electron chi connectivity index (χ3n) is 3.79. The summed E-state index contributed by atoms with van der Waals surface area (Å²) in [6, 6.07) is 1.97. The van der Waals surface area contributed by atoms with Crippen molar-refractivity contribution in [2.24, 2.45) is 5.73 Å². The van der Waals surface area contributed by atoms with Gasteiger partial charge in [-0.1, -0.05) is 0 Å². The van der Waals surface area contributed by atoms with Crippen molar-refractivity contribution < 1.29 is 9.53 Å². The molecule has 1 aromatic heterocycles. The fourth-order valence-corrected chi connectivity index (χ4v) is 2.66. The Labute approximate surface area is 114 Å². The molecular formula is C14H23N3O2. The van der Waals surface area contributed by atoms with Crippen molar-refractivity contribution >= 4 is 5.91 Å². The highest BCUT2D eigenvalue weighted by Gasteiger charge is 2.24. The van der Waals surface area contributed by atoms with Gasteiger partial charge in [0.15, 0.2) is 0 Å². The number of nitrogens with two attached hydrogens (primary N) is 1. The Morgan fingerprint density at radius 2 is 2.47 bits per heavy atom. The maximum absolute atomic E-state index is 12.1. The van der Waals surface area contributed by atoms with Crippen molar-refractivity contribution in [1.29, 1.82) is 0 Å². The first-order valence-electron chi connectivity index (χ1n) is 6.87. The molecule has 1 amide bonds. The topological polar surface area (TPSA) is 69.3 Å². The van der Waals surface area contributed by atoms with Gasteiger partial charge in [0.05, 0.1) is 6.61 Å². The summed E-state index contributed by atoms with van der Waals surface area (Å²) >= 11 is 0. The molecule has 3 N–H and O–H groups in total. The van der Waals surface area contributed by atoms with Crippen LogP contribution in [0.15, 0.2) is 12.3 Å². The molecular weight excluding hydrogens is 242 g/mol. The summed E-state index contributed by atoms with van der Waals surface area (Å²) in [6.45, 7) is 3.00. The Morgan fingerprint density at radius 3 is 3.21 bits per heavy atom. The zero-order valence-electron chi connectivity index (χ0n) is 11.7. The lowest BCUT2D eigenvalue weighted by Crippen LogP contribution is -2.34. The van der Waals surface area contributed by atoms with Gasteiger partial charge in [-0.25, -0.2) is 0 Å². The second kappa shape index (κ2) is 6.21. The van der Waals surface area contributed by atoms with E-state index in [1.54, 1.807) is 7.11 Å². The summed E-state index contributed by atoms with van der Waals surface area (Å²) in [5, 5.41) is 2.87. The van der Waals surface area contributed by atoms with E-state index in [0.717, 1.165) is 19.3 Å². The molecule has 5 heteroatoms. The van der Waals surface area contributed by atoms with E-state index in [9.17, 15) is 4.79 Å². The fraction of sp³-hybridized carbons (Fsp3) is 0.643. The van der Waals surface area contributed by atoms with Crippen molar-refractivity contribution in [3.8, 4) is 0 Å². The van der Waals surface area contributed by atoms with Crippen molar-refractivity contribution in [3.63, 3.8) is 0 Å². The van der Waals surface area contributed by atoms with Crippen molar-refractivity contribution in [2.45, 2.75) is 38.3 Å². The van der Waals surface area contributed by atoms with Gasteiger partial charge in [0.1, 0.15) is 6.04 Å². The molecule has 0 aromatic carbocycles. The molecule has 19 heavy (non-hydrogen) atoms. The highest BCUT2D eigenvalue weighted by atomic mass is 16.5. The standard InChI is InChI=1S/C14H23N3O2/c1-10(14(18)16-7-9-19-2)17-8-6-11-12(15)4-3-5-13(11)17/h6,8,10,12H,3-5,7,9,15H2,1-2H3,(H,16,18). The normalized spacial score (nSPS) is 19.8. The van der Waals surface area contributed by atoms with Gasteiger partial charge >= 0.3 is 0 Å². The number of rotatable bonds is 5. The molecule has 2 atom stereocenters. The first kappa shape index (κ1) is 14.1. The summed E-state index contributed by atoms with van der Waals surface area (Å²) in [5.74, 6) is 0.0228. The molecule has 5 nitrogen and oxygen atoms in total. The van der Waals surface area contributed by atoms with Crippen LogP contribution in [-0.2, 0) is 16.0 Å². The molecule has 0 spiro atoms. The van der Waals surface area contributed by atoms with Gasteiger partial charge in [0.2, 0.25) is 5.91 Å². The van der Waals surface area contributed by atoms with Crippen molar-refractivity contribution in [2.75, 3.05) is 20.3 Å². The van der Waals surface area contributed by atoms with Crippen LogP contribution in [0.25, 0.3) is 0 Å². The molecule has 1 aromatic rings. The molecule has 0 saturated heterocycles. The van der Waals surface area contributed by atoms with Gasteiger partial charge in [-0.05, 0) is 37.8 Å². The number of carbonyl (C=O) groups is 1. The van der Waals surface area contributed by atoms with E-state index in [0.29, 0.717) is 13.2 Å². The SMILES string of the molecule is COCCNC(=O)C(C)n1ccc2c1CCCC2N. The van der Waals surface area contributed by atoms with Crippen LogP contribution in [0.5, 0.6) is 0 Å². The van der Waals surface area contributed by atoms with E-state index in [1.807, 2.05) is 13.1 Å². The largest absolute Gasteiger partial charge is 0.383 e. The molecule has 106 valence electrons. The summed E-state index contributed by atoms with van der Waals surface area (Å²) in [4.78, 5) is 12.1. The van der Waals surface area contributed by atoms with Crippen LogP contribution >= 0.6 is 0 Å². The number of carbonyl (C=O) groups excluding carboxylic acids is 1. The molecule has 0 radical (unpaired) electrons. The smallest absolute Gasteiger partial charge is 0.242 e. The van der Waals surface area contributed by atoms with E-state index >= 15 is 0 Å².